The van der Waals surface area contributed by atoms with Gasteiger partial charge in [0.25, 0.3) is 0 Å². The zero-order chi connectivity index (χ0) is 14.2. The van der Waals surface area contributed by atoms with Gasteiger partial charge in [-0.2, -0.15) is 5.10 Å². The first kappa shape index (κ1) is 12.7. The smallest absolute Gasteiger partial charge is 0.124 e. The van der Waals surface area contributed by atoms with Crippen molar-refractivity contribution >= 4 is 17.2 Å². The molecule has 0 radical (unpaired) electrons. The Morgan fingerprint density at radius 2 is 2.10 bits per heavy atom. The fourth-order valence-electron chi connectivity index (χ4n) is 2.81. The fourth-order valence-corrected chi connectivity index (χ4v) is 3.49. The molecule has 3 aromatic rings. The average molecular weight is 295 g/mol. The molecule has 4 heteroatoms. The highest BCUT2D eigenvalue weighted by Gasteiger charge is 2.21. The van der Waals surface area contributed by atoms with Crippen LogP contribution in [0.5, 0.6) is 0 Å². The topological polar surface area (TPSA) is 29.9 Å². The number of hydrogen-bond acceptors (Lipinski definition) is 3. The largest absolute Gasteiger partial charge is 0.370 e. The molecule has 4 rings (SSSR count). The molecular formula is C17H17N3S. The molecule has 1 aliphatic heterocycles. The summed E-state index contributed by atoms with van der Waals surface area (Å²) in [5, 5.41) is 10.4. The van der Waals surface area contributed by atoms with Gasteiger partial charge in [0.2, 0.25) is 0 Å². The molecule has 0 fully saturated rings. The van der Waals surface area contributed by atoms with Crippen molar-refractivity contribution in [2.75, 3.05) is 11.9 Å². The lowest BCUT2D eigenvalue weighted by Crippen LogP contribution is -2.26. The molecule has 1 atom stereocenters. The summed E-state index contributed by atoms with van der Waals surface area (Å²) in [5.74, 6) is 1.61. The minimum Gasteiger partial charge on any atom is -0.370 e. The monoisotopic (exact) mass is 295 g/mol. The average Bonchev–Trinajstić information content (AvgIpc) is 3.16. The Kier molecular flexibility index (Phi) is 3.04. The van der Waals surface area contributed by atoms with E-state index in [1.54, 1.807) is 11.3 Å². The minimum atomic E-state index is 0.481. The first-order valence-corrected chi connectivity index (χ1v) is 8.10. The summed E-state index contributed by atoms with van der Waals surface area (Å²) >= 11 is 1.73. The summed E-state index contributed by atoms with van der Waals surface area (Å²) in [5.41, 5.74) is 3.76. The van der Waals surface area contributed by atoms with Gasteiger partial charge in [-0.3, -0.25) is 0 Å². The Morgan fingerprint density at radius 3 is 2.86 bits per heavy atom. The Hall–Kier alpha value is -2.07. The number of hydrogen-bond donors (Lipinski definition) is 1. The van der Waals surface area contributed by atoms with Crippen LogP contribution in [0.3, 0.4) is 0 Å². The SMILES string of the molecule is Cc1ccc(C2CNc3cc(-c4cccs4)nn3C2)cc1. The third kappa shape index (κ3) is 2.36. The number of nitrogens with one attached hydrogen (secondary N) is 1. The molecule has 1 aromatic carbocycles. The predicted molar refractivity (Wildman–Crippen MR) is 87.9 cm³/mol. The minimum absolute atomic E-state index is 0.481. The Bertz CT molecular complexity index is 741. The number of benzene rings is 1. The van der Waals surface area contributed by atoms with Crippen molar-refractivity contribution in [2.45, 2.75) is 19.4 Å². The van der Waals surface area contributed by atoms with Crippen molar-refractivity contribution in [1.29, 1.82) is 0 Å². The number of aryl methyl sites for hydroxylation is 1. The van der Waals surface area contributed by atoms with E-state index >= 15 is 0 Å². The molecule has 0 saturated carbocycles. The highest BCUT2D eigenvalue weighted by Crippen LogP contribution is 2.30. The van der Waals surface area contributed by atoms with Crippen LogP contribution >= 0.6 is 11.3 Å². The molecule has 0 saturated heterocycles. The normalized spacial score (nSPS) is 17.3. The summed E-state index contributed by atoms with van der Waals surface area (Å²) in [6, 6.07) is 15.2. The number of anilines is 1. The maximum Gasteiger partial charge on any atom is 0.124 e. The molecule has 1 unspecified atom stereocenters. The Labute approximate surface area is 128 Å². The third-order valence-corrected chi connectivity index (χ3v) is 4.92. The van der Waals surface area contributed by atoms with Crippen molar-refractivity contribution in [3.05, 3.63) is 59.0 Å². The van der Waals surface area contributed by atoms with Crippen LogP contribution in [0.4, 0.5) is 5.82 Å². The molecule has 0 bridgehead atoms. The molecule has 3 heterocycles. The predicted octanol–water partition coefficient (Wildman–Crippen LogP) is 4.13. The van der Waals surface area contributed by atoms with Crippen LogP contribution in [0.1, 0.15) is 17.0 Å². The van der Waals surface area contributed by atoms with Gasteiger partial charge in [-0.1, -0.05) is 35.9 Å². The van der Waals surface area contributed by atoms with Gasteiger partial charge in [-0.15, -0.1) is 11.3 Å². The molecule has 0 amide bonds. The maximum absolute atomic E-state index is 4.75. The molecule has 1 N–H and O–H groups in total. The highest BCUT2D eigenvalue weighted by atomic mass is 32.1. The van der Waals surface area contributed by atoms with E-state index in [0.29, 0.717) is 5.92 Å². The molecular weight excluding hydrogens is 278 g/mol. The van der Waals surface area contributed by atoms with E-state index < -0.39 is 0 Å². The molecule has 106 valence electrons. The highest BCUT2D eigenvalue weighted by molar-refractivity contribution is 7.13. The second-order valence-electron chi connectivity index (χ2n) is 5.56. The van der Waals surface area contributed by atoms with E-state index in [1.807, 2.05) is 0 Å². The number of aromatic nitrogens is 2. The lowest BCUT2D eigenvalue weighted by Gasteiger charge is -2.25. The number of fused-ring (bicyclic) bond motifs is 1. The second-order valence-corrected chi connectivity index (χ2v) is 6.51. The van der Waals surface area contributed by atoms with Gasteiger partial charge >= 0.3 is 0 Å². The van der Waals surface area contributed by atoms with Crippen molar-refractivity contribution in [3.8, 4) is 10.6 Å². The standard InChI is InChI=1S/C17H17N3S/c1-12-4-6-13(7-5-12)14-10-18-17-9-15(19-20(17)11-14)16-3-2-8-21-16/h2-9,14,18H,10-11H2,1H3. The maximum atomic E-state index is 4.75. The number of rotatable bonds is 2. The lowest BCUT2D eigenvalue weighted by molar-refractivity contribution is 0.506. The van der Waals surface area contributed by atoms with Crippen LogP contribution in [0.2, 0.25) is 0 Å². The first-order valence-electron chi connectivity index (χ1n) is 7.22. The zero-order valence-corrected chi connectivity index (χ0v) is 12.7. The van der Waals surface area contributed by atoms with Gasteiger partial charge in [0.05, 0.1) is 11.4 Å². The van der Waals surface area contributed by atoms with Crippen LogP contribution in [-0.4, -0.2) is 16.3 Å². The van der Waals surface area contributed by atoms with Gasteiger partial charge in [0, 0.05) is 18.5 Å². The van der Waals surface area contributed by atoms with Gasteiger partial charge in [0.1, 0.15) is 11.5 Å². The van der Waals surface area contributed by atoms with E-state index in [1.165, 1.54) is 16.0 Å². The van der Waals surface area contributed by atoms with E-state index in [9.17, 15) is 0 Å². The lowest BCUT2D eigenvalue weighted by atomic mass is 9.97. The van der Waals surface area contributed by atoms with Crippen LogP contribution in [-0.2, 0) is 6.54 Å². The molecule has 1 aliphatic rings. The quantitative estimate of drug-likeness (QED) is 0.770. The van der Waals surface area contributed by atoms with Crippen molar-refractivity contribution < 1.29 is 0 Å². The van der Waals surface area contributed by atoms with Gasteiger partial charge in [0.15, 0.2) is 0 Å². The molecule has 3 nitrogen and oxygen atoms in total. The van der Waals surface area contributed by atoms with Crippen molar-refractivity contribution in [3.63, 3.8) is 0 Å². The summed E-state index contributed by atoms with van der Waals surface area (Å²) in [6.07, 6.45) is 0. The number of thiophene rings is 1. The van der Waals surface area contributed by atoms with Gasteiger partial charge < -0.3 is 5.32 Å². The van der Waals surface area contributed by atoms with E-state index in [0.717, 1.165) is 24.6 Å². The molecule has 21 heavy (non-hydrogen) atoms. The fraction of sp³-hybridized carbons (Fsp3) is 0.235. The summed E-state index contributed by atoms with van der Waals surface area (Å²) in [6.45, 7) is 4.04. The van der Waals surface area contributed by atoms with E-state index in [4.69, 9.17) is 5.10 Å². The number of nitrogens with zero attached hydrogens (tertiary/aromatic N) is 2. The van der Waals surface area contributed by atoms with Crippen LogP contribution in [0.25, 0.3) is 10.6 Å². The zero-order valence-electron chi connectivity index (χ0n) is 11.9. The molecule has 0 aliphatic carbocycles. The van der Waals surface area contributed by atoms with Crippen LogP contribution in [0, 0.1) is 6.92 Å². The van der Waals surface area contributed by atoms with Crippen molar-refractivity contribution in [2.24, 2.45) is 0 Å². The van der Waals surface area contributed by atoms with Crippen LogP contribution in [0.15, 0.2) is 47.8 Å². The van der Waals surface area contributed by atoms with E-state index in [2.05, 4.69) is 64.8 Å². The first-order chi connectivity index (χ1) is 10.3. The van der Waals surface area contributed by atoms with Gasteiger partial charge in [-0.05, 0) is 23.9 Å². The molecule has 2 aromatic heterocycles. The second kappa shape index (κ2) is 5.04. The van der Waals surface area contributed by atoms with Gasteiger partial charge in [-0.25, -0.2) is 4.68 Å². The summed E-state index contributed by atoms with van der Waals surface area (Å²) in [7, 11) is 0. The summed E-state index contributed by atoms with van der Waals surface area (Å²) < 4.78 is 2.10. The van der Waals surface area contributed by atoms with E-state index in [-0.39, 0.29) is 0 Å². The summed E-state index contributed by atoms with van der Waals surface area (Å²) in [4.78, 5) is 1.23. The van der Waals surface area contributed by atoms with Crippen LogP contribution < -0.4 is 5.32 Å². The Morgan fingerprint density at radius 1 is 1.24 bits per heavy atom. The molecule has 0 spiro atoms. The van der Waals surface area contributed by atoms with Crippen molar-refractivity contribution in [1.82, 2.24) is 9.78 Å². The Balaban J connectivity index is 1.61. The third-order valence-electron chi connectivity index (χ3n) is 4.03.